The summed E-state index contributed by atoms with van der Waals surface area (Å²) in [5.41, 5.74) is 2.32. The second-order valence-corrected chi connectivity index (χ2v) is 4.17. The number of nitrogens with zero attached hydrogens (tertiary/aromatic N) is 2. The molecule has 1 saturated heterocycles. The lowest BCUT2D eigenvalue weighted by Crippen LogP contribution is -2.28. The summed E-state index contributed by atoms with van der Waals surface area (Å²) < 4.78 is 0. The van der Waals surface area contributed by atoms with Gasteiger partial charge in [0, 0.05) is 25.9 Å². The van der Waals surface area contributed by atoms with E-state index in [0.717, 1.165) is 24.9 Å². The van der Waals surface area contributed by atoms with Crippen LogP contribution in [0.2, 0.25) is 0 Å². The van der Waals surface area contributed by atoms with Crippen molar-refractivity contribution < 1.29 is 4.79 Å². The van der Waals surface area contributed by atoms with Crippen LogP contribution < -0.4 is 0 Å². The molecule has 0 radical (unpaired) electrons. The van der Waals surface area contributed by atoms with Crippen molar-refractivity contribution in [2.45, 2.75) is 32.7 Å². The second-order valence-electron chi connectivity index (χ2n) is 4.17. The number of carbonyl (C=O) groups excluding carboxylic acids is 1. The van der Waals surface area contributed by atoms with Gasteiger partial charge in [-0.1, -0.05) is 6.07 Å². The molecule has 0 N–H and O–H groups in total. The van der Waals surface area contributed by atoms with Crippen molar-refractivity contribution >= 4 is 5.91 Å². The van der Waals surface area contributed by atoms with Crippen molar-refractivity contribution in [2.75, 3.05) is 6.54 Å². The molecule has 0 saturated carbocycles. The smallest absolute Gasteiger partial charge is 0.219 e. The van der Waals surface area contributed by atoms with E-state index in [1.165, 1.54) is 5.56 Å². The number of carbonyl (C=O) groups is 1. The molecule has 0 bridgehead atoms. The number of hydrogen-bond donors (Lipinski definition) is 0. The van der Waals surface area contributed by atoms with E-state index in [1.807, 2.05) is 24.2 Å². The van der Waals surface area contributed by atoms with Gasteiger partial charge in [-0.05, 0) is 30.9 Å². The lowest BCUT2D eigenvalue weighted by Gasteiger charge is -2.23. The van der Waals surface area contributed by atoms with Crippen molar-refractivity contribution in [1.29, 1.82) is 0 Å². The third kappa shape index (κ3) is 2.01. The Morgan fingerprint density at radius 3 is 3.00 bits per heavy atom. The minimum atomic E-state index is 0.166. The number of aromatic nitrogens is 1. The van der Waals surface area contributed by atoms with Crippen LogP contribution in [-0.2, 0) is 4.79 Å². The van der Waals surface area contributed by atoms with Crippen LogP contribution in [0, 0.1) is 6.92 Å². The van der Waals surface area contributed by atoms with Gasteiger partial charge in [0.2, 0.25) is 5.91 Å². The zero-order valence-corrected chi connectivity index (χ0v) is 9.23. The Kier molecular flexibility index (Phi) is 2.71. The van der Waals surface area contributed by atoms with Crippen LogP contribution in [-0.4, -0.2) is 22.3 Å². The first-order valence-electron chi connectivity index (χ1n) is 5.37. The maximum absolute atomic E-state index is 11.4. The predicted molar refractivity (Wildman–Crippen MR) is 58.3 cm³/mol. The maximum Gasteiger partial charge on any atom is 0.219 e. The van der Waals surface area contributed by atoms with E-state index in [0.29, 0.717) is 0 Å². The fourth-order valence-electron chi connectivity index (χ4n) is 2.25. The van der Waals surface area contributed by atoms with Crippen LogP contribution in [0.25, 0.3) is 0 Å². The number of aryl methyl sites for hydroxylation is 1. The van der Waals surface area contributed by atoms with Crippen LogP contribution >= 0.6 is 0 Å². The molecule has 0 aliphatic carbocycles. The minimum Gasteiger partial charge on any atom is -0.336 e. The molecule has 1 aromatic heterocycles. The van der Waals surface area contributed by atoms with Gasteiger partial charge >= 0.3 is 0 Å². The van der Waals surface area contributed by atoms with E-state index >= 15 is 0 Å². The molecule has 3 heteroatoms. The lowest BCUT2D eigenvalue weighted by atomic mass is 10.1. The van der Waals surface area contributed by atoms with Gasteiger partial charge in [-0.2, -0.15) is 0 Å². The number of amides is 1. The highest BCUT2D eigenvalue weighted by atomic mass is 16.2. The lowest BCUT2D eigenvalue weighted by molar-refractivity contribution is -0.129. The van der Waals surface area contributed by atoms with Crippen molar-refractivity contribution in [3.63, 3.8) is 0 Å². The van der Waals surface area contributed by atoms with E-state index in [9.17, 15) is 4.79 Å². The van der Waals surface area contributed by atoms with Crippen LogP contribution in [0.5, 0.6) is 0 Å². The van der Waals surface area contributed by atoms with Gasteiger partial charge in [0.05, 0.1) is 6.04 Å². The summed E-state index contributed by atoms with van der Waals surface area (Å²) in [6, 6.07) is 2.37. The van der Waals surface area contributed by atoms with Crippen LogP contribution in [0.4, 0.5) is 0 Å². The Balaban J connectivity index is 2.26. The standard InChI is InChI=1S/C12H16N2O/c1-9-6-11(8-13-7-9)12-4-3-5-14(12)10(2)15/h6-8,12H,3-5H2,1-2H3/t12-/m1/s1. The molecule has 15 heavy (non-hydrogen) atoms. The maximum atomic E-state index is 11.4. The number of pyridine rings is 1. The van der Waals surface area contributed by atoms with Crippen LogP contribution in [0.3, 0.4) is 0 Å². The summed E-state index contributed by atoms with van der Waals surface area (Å²) in [6.45, 7) is 4.55. The fraction of sp³-hybridized carbons (Fsp3) is 0.500. The molecule has 0 unspecified atom stereocenters. The molecule has 1 atom stereocenters. The molecule has 1 aliphatic heterocycles. The summed E-state index contributed by atoms with van der Waals surface area (Å²) in [4.78, 5) is 17.5. The highest BCUT2D eigenvalue weighted by Crippen LogP contribution is 2.31. The molecule has 2 rings (SSSR count). The Morgan fingerprint density at radius 1 is 1.53 bits per heavy atom. The quantitative estimate of drug-likeness (QED) is 0.701. The molecule has 1 aliphatic rings. The first kappa shape index (κ1) is 10.1. The zero-order chi connectivity index (χ0) is 10.8. The Hall–Kier alpha value is -1.38. The molecule has 3 nitrogen and oxygen atoms in total. The van der Waals surface area contributed by atoms with Crippen molar-refractivity contribution in [3.8, 4) is 0 Å². The highest BCUT2D eigenvalue weighted by Gasteiger charge is 2.27. The molecule has 1 amide bonds. The molecule has 80 valence electrons. The van der Waals surface area contributed by atoms with Crippen molar-refractivity contribution in [2.24, 2.45) is 0 Å². The summed E-state index contributed by atoms with van der Waals surface area (Å²) >= 11 is 0. The second kappa shape index (κ2) is 4.01. The Morgan fingerprint density at radius 2 is 2.33 bits per heavy atom. The Labute approximate surface area is 90.1 Å². The van der Waals surface area contributed by atoms with Gasteiger partial charge in [-0.25, -0.2) is 0 Å². The topological polar surface area (TPSA) is 33.2 Å². The van der Waals surface area contributed by atoms with Gasteiger partial charge in [0.1, 0.15) is 0 Å². The van der Waals surface area contributed by atoms with Gasteiger partial charge in [-0.3, -0.25) is 9.78 Å². The zero-order valence-electron chi connectivity index (χ0n) is 9.23. The fourth-order valence-corrected chi connectivity index (χ4v) is 2.25. The molecule has 1 fully saturated rings. The molecule has 1 aromatic rings. The van der Waals surface area contributed by atoms with E-state index in [4.69, 9.17) is 0 Å². The summed E-state index contributed by atoms with van der Waals surface area (Å²) in [7, 11) is 0. The highest BCUT2D eigenvalue weighted by molar-refractivity contribution is 5.74. The van der Waals surface area contributed by atoms with E-state index in [2.05, 4.69) is 11.1 Å². The van der Waals surface area contributed by atoms with Gasteiger partial charge in [0.25, 0.3) is 0 Å². The normalized spacial score (nSPS) is 20.7. The van der Waals surface area contributed by atoms with Crippen molar-refractivity contribution in [1.82, 2.24) is 9.88 Å². The predicted octanol–water partition coefficient (Wildman–Crippen LogP) is 2.07. The van der Waals surface area contributed by atoms with Gasteiger partial charge in [-0.15, -0.1) is 0 Å². The van der Waals surface area contributed by atoms with Crippen molar-refractivity contribution in [3.05, 3.63) is 29.6 Å². The van der Waals surface area contributed by atoms with Gasteiger partial charge in [0.15, 0.2) is 0 Å². The minimum absolute atomic E-state index is 0.166. The van der Waals surface area contributed by atoms with E-state index < -0.39 is 0 Å². The van der Waals surface area contributed by atoms with E-state index in [1.54, 1.807) is 6.92 Å². The average molecular weight is 204 g/mol. The number of hydrogen-bond acceptors (Lipinski definition) is 2. The summed E-state index contributed by atoms with van der Waals surface area (Å²) in [5, 5.41) is 0. The molecule has 0 spiro atoms. The van der Waals surface area contributed by atoms with Gasteiger partial charge < -0.3 is 4.90 Å². The largest absolute Gasteiger partial charge is 0.336 e. The van der Waals surface area contributed by atoms with Crippen LogP contribution in [0.15, 0.2) is 18.5 Å². The number of rotatable bonds is 1. The third-order valence-corrected chi connectivity index (χ3v) is 2.94. The first-order chi connectivity index (χ1) is 7.18. The Bertz CT molecular complexity index is 376. The molecule has 2 heterocycles. The monoisotopic (exact) mass is 204 g/mol. The average Bonchev–Trinajstić information content (AvgIpc) is 2.65. The molecular formula is C12H16N2O. The summed E-state index contributed by atoms with van der Waals surface area (Å²) in [6.07, 6.45) is 5.87. The van der Waals surface area contributed by atoms with Crippen LogP contribution in [0.1, 0.15) is 36.9 Å². The molecule has 0 aromatic carbocycles. The molecular weight excluding hydrogens is 188 g/mol. The number of likely N-dealkylation sites (tertiary alicyclic amines) is 1. The summed E-state index contributed by atoms with van der Waals surface area (Å²) in [5.74, 6) is 0.166. The SMILES string of the molecule is CC(=O)N1CCC[C@@H]1c1cncc(C)c1. The first-order valence-corrected chi connectivity index (χ1v) is 5.37. The third-order valence-electron chi connectivity index (χ3n) is 2.94. The van der Waals surface area contributed by atoms with E-state index in [-0.39, 0.29) is 11.9 Å².